The number of ether oxygens (including phenoxy) is 1. The number of rotatable bonds is 3. The quantitative estimate of drug-likeness (QED) is 0.270. The number of nitrogens with one attached hydrogen (secondary N) is 1. The fraction of sp³-hybridized carbons (Fsp3) is 0.0690. The number of H-pyrrole nitrogens is 1. The highest BCUT2D eigenvalue weighted by atomic mass is 35.5. The first-order chi connectivity index (χ1) is 18.4. The van der Waals surface area contributed by atoms with E-state index in [2.05, 4.69) is 16.2 Å². The van der Waals surface area contributed by atoms with Gasteiger partial charge in [0, 0.05) is 26.5 Å². The third-order valence-electron chi connectivity index (χ3n) is 6.67. The summed E-state index contributed by atoms with van der Waals surface area (Å²) >= 11 is 12.4. The highest BCUT2D eigenvalue weighted by Gasteiger charge is 2.38. The van der Waals surface area contributed by atoms with E-state index in [1.807, 2.05) is 54.6 Å². The van der Waals surface area contributed by atoms with Crippen molar-refractivity contribution < 1.29 is 9.53 Å². The summed E-state index contributed by atoms with van der Waals surface area (Å²) in [7, 11) is 0. The molecule has 0 spiro atoms. The molecular formula is C29H19Cl2N5O2. The van der Waals surface area contributed by atoms with Crippen LogP contribution in [0.25, 0.3) is 22.0 Å². The first-order valence-corrected chi connectivity index (χ1v) is 12.5. The molecule has 0 radical (unpaired) electrons. The first kappa shape index (κ1) is 23.9. The van der Waals surface area contributed by atoms with E-state index in [4.69, 9.17) is 33.7 Å². The zero-order valence-electron chi connectivity index (χ0n) is 20.0. The Kier molecular flexibility index (Phi) is 5.72. The second-order valence-corrected chi connectivity index (χ2v) is 9.80. The van der Waals surface area contributed by atoms with Gasteiger partial charge in [-0.15, -0.1) is 0 Å². The van der Waals surface area contributed by atoms with Crippen molar-refractivity contribution in [3.05, 3.63) is 117 Å². The number of carbonyl (C=O) groups excluding carboxylic acids is 1. The third-order valence-corrected chi connectivity index (χ3v) is 7.15. The van der Waals surface area contributed by atoms with Crippen LogP contribution in [0.3, 0.4) is 0 Å². The van der Waals surface area contributed by atoms with Gasteiger partial charge in [-0.25, -0.2) is 0 Å². The maximum absolute atomic E-state index is 14.1. The van der Waals surface area contributed by atoms with Gasteiger partial charge in [0.05, 0.1) is 17.2 Å². The minimum Gasteiger partial charge on any atom is -0.422 e. The molecule has 3 N–H and O–H groups in total. The number of fused-ring (bicyclic) bond motifs is 2. The van der Waals surface area contributed by atoms with E-state index in [1.54, 1.807) is 25.1 Å². The van der Waals surface area contributed by atoms with E-state index < -0.39 is 11.8 Å². The lowest BCUT2D eigenvalue weighted by Gasteiger charge is -2.24. The Balaban J connectivity index is 1.56. The van der Waals surface area contributed by atoms with Crippen molar-refractivity contribution in [2.24, 2.45) is 5.73 Å². The summed E-state index contributed by atoms with van der Waals surface area (Å²) in [4.78, 5) is 17.4. The summed E-state index contributed by atoms with van der Waals surface area (Å²) in [5.41, 5.74) is 11.0. The monoisotopic (exact) mass is 539 g/mol. The molecule has 1 unspecified atom stereocenters. The van der Waals surface area contributed by atoms with Crippen LogP contribution < -0.4 is 10.5 Å². The highest BCUT2D eigenvalue weighted by molar-refractivity contribution is 6.31. The van der Waals surface area contributed by atoms with Crippen LogP contribution in [0.5, 0.6) is 5.88 Å². The Morgan fingerprint density at radius 1 is 1.08 bits per heavy atom. The summed E-state index contributed by atoms with van der Waals surface area (Å²) in [5.74, 6) is -0.929. The van der Waals surface area contributed by atoms with Gasteiger partial charge in [-0.1, -0.05) is 65.7 Å². The Hall–Kier alpha value is -4.51. The van der Waals surface area contributed by atoms with Gasteiger partial charge < -0.3 is 15.5 Å². The number of carbonyl (C=O) groups is 1. The molecule has 0 saturated heterocycles. The number of allylic oxidation sites excluding steroid dienone is 1. The molecule has 0 amide bonds. The zero-order chi connectivity index (χ0) is 26.6. The molecule has 3 heterocycles. The van der Waals surface area contributed by atoms with Crippen LogP contribution >= 0.6 is 23.2 Å². The van der Waals surface area contributed by atoms with E-state index in [0.29, 0.717) is 32.6 Å². The molecule has 38 heavy (non-hydrogen) atoms. The predicted octanol–water partition coefficient (Wildman–Crippen LogP) is 6.55. The SMILES string of the molecule is Cc1nn(C(=O)c2[nH]c3ccc(Cl)cc3c2-c2ccccc2)c2c1C(c1ccc(Cl)cc1)C(C#N)=C(N)O2. The molecule has 2 aromatic heterocycles. The maximum atomic E-state index is 14.1. The molecule has 1 aliphatic rings. The minimum absolute atomic E-state index is 0.0828. The van der Waals surface area contributed by atoms with Crippen molar-refractivity contribution in [2.75, 3.05) is 0 Å². The van der Waals surface area contributed by atoms with Gasteiger partial charge in [0.1, 0.15) is 17.3 Å². The van der Waals surface area contributed by atoms with Crippen LogP contribution in [-0.4, -0.2) is 20.7 Å². The molecular weight excluding hydrogens is 521 g/mol. The molecule has 1 aliphatic heterocycles. The fourth-order valence-corrected chi connectivity index (χ4v) is 5.27. The standard InChI is InChI=1S/C29H19Cl2N5O2/c1-15-23-24(17-7-9-18(30)10-8-17)21(14-32)27(33)38-29(23)36(35-15)28(37)26-25(16-5-3-2-4-6-16)20-13-19(31)11-12-22(20)34-26/h2-13,24,34H,33H2,1H3. The number of aromatic nitrogens is 3. The number of aromatic amines is 1. The smallest absolute Gasteiger partial charge is 0.298 e. The van der Waals surface area contributed by atoms with E-state index in [9.17, 15) is 10.1 Å². The number of halogens is 2. The zero-order valence-corrected chi connectivity index (χ0v) is 21.5. The van der Waals surface area contributed by atoms with Gasteiger partial charge in [-0.3, -0.25) is 4.79 Å². The maximum Gasteiger partial charge on any atom is 0.298 e. The summed E-state index contributed by atoms with van der Waals surface area (Å²) < 4.78 is 7.10. The van der Waals surface area contributed by atoms with Crippen molar-refractivity contribution >= 4 is 40.0 Å². The Labute approximate surface area is 227 Å². The molecule has 9 heteroatoms. The fourth-order valence-electron chi connectivity index (χ4n) is 4.98. The van der Waals surface area contributed by atoms with Crippen LogP contribution in [-0.2, 0) is 0 Å². The number of nitriles is 1. The van der Waals surface area contributed by atoms with E-state index in [-0.39, 0.29) is 17.3 Å². The number of hydrogen-bond acceptors (Lipinski definition) is 5. The van der Waals surface area contributed by atoms with Gasteiger partial charge in [-0.05, 0) is 48.4 Å². The van der Waals surface area contributed by atoms with Crippen LogP contribution in [0.15, 0.2) is 84.3 Å². The number of benzene rings is 3. The van der Waals surface area contributed by atoms with E-state index in [1.165, 1.54) is 4.68 Å². The van der Waals surface area contributed by atoms with Gasteiger partial charge in [0.15, 0.2) is 0 Å². The average molecular weight is 540 g/mol. The first-order valence-electron chi connectivity index (χ1n) is 11.7. The second-order valence-electron chi connectivity index (χ2n) is 8.93. The topological polar surface area (TPSA) is 110 Å². The molecule has 1 atom stereocenters. The van der Waals surface area contributed by atoms with Crippen molar-refractivity contribution in [1.82, 2.24) is 14.8 Å². The molecule has 0 bridgehead atoms. The second kappa shape index (κ2) is 9.10. The van der Waals surface area contributed by atoms with Gasteiger partial charge >= 0.3 is 0 Å². The van der Waals surface area contributed by atoms with Gasteiger partial charge in [0.25, 0.3) is 5.91 Å². The lowest BCUT2D eigenvalue weighted by molar-refractivity contribution is 0.0930. The molecule has 0 aliphatic carbocycles. The largest absolute Gasteiger partial charge is 0.422 e. The summed E-state index contributed by atoms with van der Waals surface area (Å²) in [6, 6.07) is 24.3. The third kappa shape index (κ3) is 3.74. The Morgan fingerprint density at radius 3 is 2.50 bits per heavy atom. The van der Waals surface area contributed by atoms with Gasteiger partial charge in [0.2, 0.25) is 11.8 Å². The molecule has 0 fully saturated rings. The number of nitrogens with zero attached hydrogens (tertiary/aromatic N) is 3. The Morgan fingerprint density at radius 2 is 1.79 bits per heavy atom. The van der Waals surface area contributed by atoms with Crippen LogP contribution in [0.2, 0.25) is 10.0 Å². The molecule has 186 valence electrons. The van der Waals surface area contributed by atoms with Crippen molar-refractivity contribution in [3.63, 3.8) is 0 Å². The molecule has 6 rings (SSSR count). The minimum atomic E-state index is -0.572. The Bertz CT molecular complexity index is 1810. The van der Waals surface area contributed by atoms with Crippen molar-refractivity contribution in [3.8, 4) is 23.1 Å². The molecule has 7 nitrogen and oxygen atoms in total. The predicted molar refractivity (Wildman–Crippen MR) is 146 cm³/mol. The molecule has 0 saturated carbocycles. The molecule has 3 aromatic carbocycles. The lowest BCUT2D eigenvalue weighted by atomic mass is 9.84. The highest BCUT2D eigenvalue weighted by Crippen LogP contribution is 2.44. The average Bonchev–Trinajstić information content (AvgIpc) is 3.45. The summed E-state index contributed by atoms with van der Waals surface area (Å²) in [6.07, 6.45) is 0. The number of aryl methyl sites for hydroxylation is 1. The lowest BCUT2D eigenvalue weighted by Crippen LogP contribution is -2.24. The molecule has 5 aromatic rings. The van der Waals surface area contributed by atoms with Crippen molar-refractivity contribution in [1.29, 1.82) is 5.26 Å². The van der Waals surface area contributed by atoms with Gasteiger partial charge in [-0.2, -0.15) is 15.0 Å². The summed E-state index contributed by atoms with van der Waals surface area (Å²) in [5, 5.41) is 16.4. The summed E-state index contributed by atoms with van der Waals surface area (Å²) in [6.45, 7) is 1.77. The van der Waals surface area contributed by atoms with Crippen LogP contribution in [0.4, 0.5) is 0 Å². The van der Waals surface area contributed by atoms with E-state index in [0.717, 1.165) is 22.0 Å². The number of hydrogen-bond donors (Lipinski definition) is 2. The van der Waals surface area contributed by atoms with Crippen LogP contribution in [0, 0.1) is 18.3 Å². The van der Waals surface area contributed by atoms with Crippen LogP contribution in [0.1, 0.15) is 33.2 Å². The number of nitrogens with two attached hydrogens (primary N) is 1. The normalized spacial score (nSPS) is 14.7. The van der Waals surface area contributed by atoms with Crippen molar-refractivity contribution in [2.45, 2.75) is 12.8 Å². The van der Waals surface area contributed by atoms with E-state index >= 15 is 0 Å².